The summed E-state index contributed by atoms with van der Waals surface area (Å²) >= 11 is 2.01. The second kappa shape index (κ2) is 4.75. The van der Waals surface area contributed by atoms with E-state index in [-0.39, 0.29) is 0 Å². The highest BCUT2D eigenvalue weighted by molar-refractivity contribution is 8.00. The molecule has 0 spiro atoms. The van der Waals surface area contributed by atoms with Crippen LogP contribution in [-0.2, 0) is 4.79 Å². The lowest BCUT2D eigenvalue weighted by Crippen LogP contribution is -2.12. The molecule has 2 nitrogen and oxygen atoms in total. The van der Waals surface area contributed by atoms with Gasteiger partial charge in [0.2, 0.25) is 0 Å². The summed E-state index contributed by atoms with van der Waals surface area (Å²) in [6.07, 6.45) is 3.77. The SMILES string of the molecule is CC(CCC(=O)O)C1CCCS1. The maximum atomic E-state index is 10.3. The molecule has 2 unspecified atom stereocenters. The van der Waals surface area contributed by atoms with Crippen LogP contribution in [0, 0.1) is 5.92 Å². The van der Waals surface area contributed by atoms with Gasteiger partial charge in [-0.1, -0.05) is 6.92 Å². The van der Waals surface area contributed by atoms with Gasteiger partial charge in [0.15, 0.2) is 0 Å². The standard InChI is InChI=1S/C9H16O2S/c1-7(4-5-9(10)11)8-3-2-6-12-8/h7-8H,2-6H2,1H3,(H,10,11). The van der Waals surface area contributed by atoms with E-state index in [1.807, 2.05) is 11.8 Å². The molecule has 1 saturated heterocycles. The van der Waals surface area contributed by atoms with Crippen molar-refractivity contribution in [3.05, 3.63) is 0 Å². The van der Waals surface area contributed by atoms with E-state index in [2.05, 4.69) is 6.92 Å². The number of rotatable bonds is 4. The summed E-state index contributed by atoms with van der Waals surface area (Å²) in [6.45, 7) is 2.17. The van der Waals surface area contributed by atoms with Crippen LogP contribution in [0.15, 0.2) is 0 Å². The number of carboxylic acid groups (broad SMARTS) is 1. The molecule has 3 heteroatoms. The number of carboxylic acids is 1. The molecule has 0 aliphatic carbocycles. The molecular formula is C9H16O2S. The normalized spacial score (nSPS) is 25.6. The predicted molar refractivity (Wildman–Crippen MR) is 51.5 cm³/mol. The fraction of sp³-hybridized carbons (Fsp3) is 0.889. The minimum absolute atomic E-state index is 0.332. The highest BCUT2D eigenvalue weighted by Gasteiger charge is 2.22. The van der Waals surface area contributed by atoms with Gasteiger partial charge in [0.25, 0.3) is 0 Å². The zero-order valence-corrected chi connectivity index (χ0v) is 8.27. The molecule has 0 aromatic carbocycles. The first kappa shape index (κ1) is 9.90. The molecule has 0 aromatic rings. The summed E-state index contributed by atoms with van der Waals surface area (Å²) in [5.74, 6) is 1.18. The van der Waals surface area contributed by atoms with Crippen molar-refractivity contribution in [2.24, 2.45) is 5.92 Å². The van der Waals surface area contributed by atoms with Crippen LogP contribution in [-0.4, -0.2) is 22.1 Å². The van der Waals surface area contributed by atoms with Crippen LogP contribution in [0.1, 0.15) is 32.6 Å². The number of carbonyl (C=O) groups is 1. The van der Waals surface area contributed by atoms with Crippen LogP contribution in [0.25, 0.3) is 0 Å². The fourth-order valence-corrected chi connectivity index (χ4v) is 3.02. The highest BCUT2D eigenvalue weighted by Crippen LogP contribution is 2.33. The highest BCUT2D eigenvalue weighted by atomic mass is 32.2. The lowest BCUT2D eigenvalue weighted by molar-refractivity contribution is -0.137. The van der Waals surface area contributed by atoms with Crippen molar-refractivity contribution in [1.82, 2.24) is 0 Å². The van der Waals surface area contributed by atoms with Gasteiger partial charge in [-0.05, 0) is 30.9 Å². The molecule has 12 heavy (non-hydrogen) atoms. The predicted octanol–water partition coefficient (Wildman–Crippen LogP) is 2.38. The van der Waals surface area contributed by atoms with Crippen molar-refractivity contribution in [1.29, 1.82) is 0 Å². The summed E-state index contributed by atoms with van der Waals surface area (Å²) in [7, 11) is 0. The average Bonchev–Trinajstić information content (AvgIpc) is 2.51. The molecule has 0 amide bonds. The second-order valence-electron chi connectivity index (χ2n) is 3.46. The van der Waals surface area contributed by atoms with Crippen molar-refractivity contribution in [3.63, 3.8) is 0 Å². The van der Waals surface area contributed by atoms with Crippen LogP contribution in [0.4, 0.5) is 0 Å². The Balaban J connectivity index is 2.17. The van der Waals surface area contributed by atoms with Crippen LogP contribution in [0.5, 0.6) is 0 Å². The number of aliphatic carboxylic acids is 1. The molecule has 0 bridgehead atoms. The van der Waals surface area contributed by atoms with E-state index in [1.165, 1.54) is 18.6 Å². The quantitative estimate of drug-likeness (QED) is 0.736. The maximum absolute atomic E-state index is 10.3. The van der Waals surface area contributed by atoms with Gasteiger partial charge in [-0.15, -0.1) is 0 Å². The third kappa shape index (κ3) is 3.05. The summed E-state index contributed by atoms with van der Waals surface area (Å²) in [5, 5.41) is 9.22. The van der Waals surface area contributed by atoms with E-state index in [4.69, 9.17) is 5.11 Å². The molecule has 1 heterocycles. The topological polar surface area (TPSA) is 37.3 Å². The van der Waals surface area contributed by atoms with E-state index >= 15 is 0 Å². The number of hydrogen-bond acceptors (Lipinski definition) is 2. The van der Waals surface area contributed by atoms with E-state index in [9.17, 15) is 4.79 Å². The molecule has 1 aliphatic rings. The Labute approximate surface area is 77.7 Å². The molecule has 1 aliphatic heterocycles. The third-order valence-corrected chi connectivity index (χ3v) is 4.07. The van der Waals surface area contributed by atoms with Gasteiger partial charge >= 0.3 is 5.97 Å². The van der Waals surface area contributed by atoms with Gasteiger partial charge in [0.1, 0.15) is 0 Å². The molecule has 2 atom stereocenters. The van der Waals surface area contributed by atoms with Crippen molar-refractivity contribution >= 4 is 17.7 Å². The first-order chi connectivity index (χ1) is 5.70. The van der Waals surface area contributed by atoms with Gasteiger partial charge in [0, 0.05) is 11.7 Å². The average molecular weight is 188 g/mol. The minimum Gasteiger partial charge on any atom is -0.481 e. The van der Waals surface area contributed by atoms with Gasteiger partial charge in [-0.25, -0.2) is 0 Å². The third-order valence-electron chi connectivity index (χ3n) is 2.41. The Morgan fingerprint density at radius 2 is 2.50 bits per heavy atom. The van der Waals surface area contributed by atoms with Crippen molar-refractivity contribution < 1.29 is 9.90 Å². The van der Waals surface area contributed by atoms with E-state index in [0.717, 1.165) is 11.7 Å². The Bertz CT molecular complexity index is 153. The van der Waals surface area contributed by atoms with Gasteiger partial charge in [0.05, 0.1) is 0 Å². The number of hydrogen-bond donors (Lipinski definition) is 1. The summed E-state index contributed by atoms with van der Waals surface area (Å²) in [6, 6.07) is 0. The molecule has 0 aromatic heterocycles. The van der Waals surface area contributed by atoms with Crippen molar-refractivity contribution in [3.8, 4) is 0 Å². The first-order valence-electron chi connectivity index (χ1n) is 4.53. The van der Waals surface area contributed by atoms with Gasteiger partial charge in [-0.2, -0.15) is 11.8 Å². The lowest BCUT2D eigenvalue weighted by Gasteiger charge is -2.16. The van der Waals surface area contributed by atoms with E-state index < -0.39 is 5.97 Å². The Morgan fingerprint density at radius 1 is 1.75 bits per heavy atom. The number of thioether (sulfide) groups is 1. The second-order valence-corrected chi connectivity index (χ2v) is 4.81. The zero-order valence-electron chi connectivity index (χ0n) is 7.45. The van der Waals surface area contributed by atoms with E-state index in [1.54, 1.807) is 0 Å². The van der Waals surface area contributed by atoms with Crippen LogP contribution < -0.4 is 0 Å². The Hall–Kier alpha value is -0.180. The van der Waals surface area contributed by atoms with Crippen LogP contribution in [0.3, 0.4) is 0 Å². The zero-order chi connectivity index (χ0) is 8.97. The summed E-state index contributed by atoms with van der Waals surface area (Å²) < 4.78 is 0. The summed E-state index contributed by atoms with van der Waals surface area (Å²) in [4.78, 5) is 10.3. The molecular weight excluding hydrogens is 172 g/mol. The largest absolute Gasteiger partial charge is 0.481 e. The first-order valence-corrected chi connectivity index (χ1v) is 5.58. The Kier molecular flexibility index (Phi) is 3.92. The van der Waals surface area contributed by atoms with Gasteiger partial charge < -0.3 is 5.11 Å². The molecule has 0 saturated carbocycles. The lowest BCUT2D eigenvalue weighted by atomic mass is 9.99. The summed E-state index contributed by atoms with van der Waals surface area (Å²) in [5.41, 5.74) is 0. The van der Waals surface area contributed by atoms with Crippen LogP contribution in [0.2, 0.25) is 0 Å². The molecule has 1 N–H and O–H groups in total. The molecule has 1 fully saturated rings. The minimum atomic E-state index is -0.662. The smallest absolute Gasteiger partial charge is 0.303 e. The van der Waals surface area contributed by atoms with Crippen molar-refractivity contribution in [2.45, 2.75) is 37.9 Å². The molecule has 1 rings (SSSR count). The fourth-order valence-electron chi connectivity index (χ4n) is 1.59. The molecule has 70 valence electrons. The van der Waals surface area contributed by atoms with Crippen LogP contribution >= 0.6 is 11.8 Å². The Morgan fingerprint density at radius 3 is 3.00 bits per heavy atom. The van der Waals surface area contributed by atoms with Crippen molar-refractivity contribution in [2.75, 3.05) is 5.75 Å². The molecule has 0 radical (unpaired) electrons. The van der Waals surface area contributed by atoms with Gasteiger partial charge in [-0.3, -0.25) is 4.79 Å². The monoisotopic (exact) mass is 188 g/mol. The maximum Gasteiger partial charge on any atom is 0.303 e. The van der Waals surface area contributed by atoms with E-state index in [0.29, 0.717) is 12.3 Å².